The number of phenols is 1. The van der Waals surface area contributed by atoms with Crippen LogP contribution in [0.15, 0.2) is 42.2 Å². The number of allylic oxidation sites excluding steroid dienone is 1. The third-order valence-electron chi connectivity index (χ3n) is 4.21. The van der Waals surface area contributed by atoms with Crippen LogP contribution in [0.2, 0.25) is 0 Å². The molecule has 1 aromatic carbocycles. The van der Waals surface area contributed by atoms with Gasteiger partial charge in [0, 0.05) is 36.2 Å². The van der Waals surface area contributed by atoms with Gasteiger partial charge in [0.05, 0.1) is 6.42 Å². The average molecular weight is 344 g/mol. The molecule has 25 heavy (non-hydrogen) atoms. The van der Waals surface area contributed by atoms with Gasteiger partial charge < -0.3 is 20.4 Å². The predicted molar refractivity (Wildman–Crippen MR) is 99.0 cm³/mol. The van der Waals surface area contributed by atoms with Gasteiger partial charge >= 0.3 is 0 Å². The van der Waals surface area contributed by atoms with E-state index in [2.05, 4.69) is 31.0 Å². The summed E-state index contributed by atoms with van der Waals surface area (Å²) in [4.78, 5) is 14.5. The topological polar surface area (TPSA) is 72.8 Å². The van der Waals surface area contributed by atoms with Crippen LogP contribution in [0.3, 0.4) is 0 Å². The van der Waals surface area contributed by atoms with Gasteiger partial charge in [-0.25, -0.2) is 0 Å². The molecule has 0 fully saturated rings. The molecule has 0 saturated heterocycles. The molecule has 3 N–H and O–H groups in total. The van der Waals surface area contributed by atoms with E-state index in [-0.39, 0.29) is 30.2 Å². The summed E-state index contributed by atoms with van der Waals surface area (Å²) < 4.78 is 0. The van der Waals surface area contributed by atoms with Gasteiger partial charge in [-0.2, -0.15) is 0 Å². The van der Waals surface area contributed by atoms with Gasteiger partial charge in [-0.15, -0.1) is 0 Å². The number of nitrogens with one attached hydrogen (secondary N) is 1. The molecule has 0 bridgehead atoms. The third kappa shape index (κ3) is 5.64. The van der Waals surface area contributed by atoms with E-state index in [1.165, 1.54) is 0 Å². The molecule has 1 aliphatic heterocycles. The molecule has 1 heterocycles. The predicted octanol–water partition coefficient (Wildman–Crippen LogP) is 2.49. The van der Waals surface area contributed by atoms with Crippen molar-refractivity contribution in [3.63, 3.8) is 0 Å². The van der Waals surface area contributed by atoms with Crippen LogP contribution in [0, 0.1) is 0 Å². The first kappa shape index (κ1) is 19.1. The number of aryl methyl sites for hydroxylation is 1. The second-order valence-electron chi connectivity index (χ2n) is 7.31. The maximum atomic E-state index is 12.3. The molecule has 0 atom stereocenters. The molecule has 5 heteroatoms. The molecule has 0 saturated carbocycles. The average Bonchev–Trinajstić information content (AvgIpc) is 2.55. The highest BCUT2D eigenvalue weighted by molar-refractivity contribution is 5.81. The number of nitrogens with zero attached hydrogens (tertiary/aromatic N) is 1. The summed E-state index contributed by atoms with van der Waals surface area (Å²) in [6, 6.07) is 5.26. The summed E-state index contributed by atoms with van der Waals surface area (Å²) in [5.41, 5.74) is 2.43. The zero-order chi connectivity index (χ0) is 18.4. The van der Waals surface area contributed by atoms with Crippen LogP contribution in [-0.2, 0) is 17.6 Å². The molecule has 1 amide bonds. The number of hydrogen-bond acceptors (Lipinski definition) is 4. The Morgan fingerprint density at radius 2 is 2.08 bits per heavy atom. The Kier molecular flexibility index (Phi) is 6.26. The molecule has 1 aliphatic rings. The smallest absolute Gasteiger partial charge is 0.228 e. The van der Waals surface area contributed by atoms with Crippen LogP contribution >= 0.6 is 0 Å². The van der Waals surface area contributed by atoms with Crippen molar-refractivity contribution in [1.29, 1.82) is 0 Å². The van der Waals surface area contributed by atoms with Gasteiger partial charge in [0.25, 0.3) is 0 Å². The van der Waals surface area contributed by atoms with Crippen molar-refractivity contribution < 1.29 is 15.0 Å². The second-order valence-corrected chi connectivity index (χ2v) is 7.31. The van der Waals surface area contributed by atoms with Gasteiger partial charge in [0.15, 0.2) is 0 Å². The number of hydrogen-bond donors (Lipinski definition) is 3. The number of benzene rings is 1. The molecule has 2 rings (SSSR count). The number of carbonyl (C=O) groups excluding carboxylic acids is 1. The van der Waals surface area contributed by atoms with E-state index in [0.717, 1.165) is 24.2 Å². The second kappa shape index (κ2) is 8.21. The number of aliphatic hydroxyl groups excluding tert-OH is 1. The lowest BCUT2D eigenvalue weighted by Gasteiger charge is -2.35. The molecule has 1 aromatic rings. The molecule has 0 aliphatic carbocycles. The Morgan fingerprint density at radius 1 is 1.32 bits per heavy atom. The Morgan fingerprint density at radius 3 is 2.68 bits per heavy atom. The fraction of sp³-hybridized carbons (Fsp3) is 0.450. The monoisotopic (exact) mass is 344 g/mol. The van der Waals surface area contributed by atoms with E-state index in [1.807, 2.05) is 30.5 Å². The first-order valence-electron chi connectivity index (χ1n) is 8.66. The quantitative estimate of drug-likeness (QED) is 0.741. The van der Waals surface area contributed by atoms with Gasteiger partial charge in [0.1, 0.15) is 5.75 Å². The Labute approximate surface area is 149 Å². The van der Waals surface area contributed by atoms with E-state index >= 15 is 0 Å². The zero-order valence-corrected chi connectivity index (χ0v) is 15.2. The summed E-state index contributed by atoms with van der Waals surface area (Å²) in [6.45, 7) is 7.30. The molecule has 5 nitrogen and oxygen atoms in total. The van der Waals surface area contributed by atoms with Gasteiger partial charge in [-0.1, -0.05) is 12.1 Å². The van der Waals surface area contributed by atoms with Gasteiger partial charge in [0.2, 0.25) is 5.91 Å². The minimum Gasteiger partial charge on any atom is -0.508 e. The SMILES string of the molecule is CC(C)(C)N1C=CC(NC(=O)Cc2cc(CCCO)ccc2O)=CC1. The number of amides is 1. The Bertz CT molecular complexity index is 672. The number of aliphatic hydroxyl groups is 1. The third-order valence-corrected chi connectivity index (χ3v) is 4.21. The molecule has 0 unspecified atom stereocenters. The van der Waals surface area contributed by atoms with E-state index in [0.29, 0.717) is 12.0 Å². The highest BCUT2D eigenvalue weighted by Gasteiger charge is 2.19. The molecule has 136 valence electrons. The highest BCUT2D eigenvalue weighted by atomic mass is 16.3. The zero-order valence-electron chi connectivity index (χ0n) is 15.2. The van der Waals surface area contributed by atoms with E-state index in [9.17, 15) is 9.90 Å². The Balaban J connectivity index is 1.95. The molecular weight excluding hydrogens is 316 g/mol. The van der Waals surface area contributed by atoms with Crippen molar-refractivity contribution in [2.75, 3.05) is 13.2 Å². The van der Waals surface area contributed by atoms with Crippen molar-refractivity contribution in [3.8, 4) is 5.75 Å². The lowest BCUT2D eigenvalue weighted by Crippen LogP contribution is -2.39. The fourth-order valence-electron chi connectivity index (χ4n) is 2.68. The lowest BCUT2D eigenvalue weighted by molar-refractivity contribution is -0.119. The minimum atomic E-state index is -0.158. The molecule has 0 radical (unpaired) electrons. The Hall–Kier alpha value is -2.27. The van der Waals surface area contributed by atoms with E-state index < -0.39 is 0 Å². The molecule has 0 spiro atoms. The van der Waals surface area contributed by atoms with Crippen LogP contribution in [0.1, 0.15) is 38.3 Å². The minimum absolute atomic E-state index is 0.0450. The standard InChI is InChI=1S/C20H28N2O3/c1-20(2,3)22-10-8-17(9-11-22)21-19(25)14-16-13-15(5-4-12-23)6-7-18(16)24/h6-10,13,23-24H,4-5,11-12,14H2,1-3H3,(H,21,25). The van der Waals surface area contributed by atoms with E-state index in [4.69, 9.17) is 5.11 Å². The number of phenolic OH excluding ortho intramolecular Hbond substituents is 1. The van der Waals surface area contributed by atoms with Crippen LogP contribution in [-0.4, -0.2) is 39.7 Å². The fourth-order valence-corrected chi connectivity index (χ4v) is 2.68. The van der Waals surface area contributed by atoms with Crippen LogP contribution < -0.4 is 5.32 Å². The maximum Gasteiger partial charge on any atom is 0.228 e. The largest absolute Gasteiger partial charge is 0.508 e. The number of aromatic hydroxyl groups is 1. The van der Waals surface area contributed by atoms with Crippen LogP contribution in [0.5, 0.6) is 5.75 Å². The molecule has 0 aromatic heterocycles. The van der Waals surface area contributed by atoms with E-state index in [1.54, 1.807) is 6.07 Å². The summed E-state index contributed by atoms with van der Waals surface area (Å²) >= 11 is 0. The summed E-state index contributed by atoms with van der Waals surface area (Å²) in [6.07, 6.45) is 7.38. The first-order chi connectivity index (χ1) is 11.8. The van der Waals surface area contributed by atoms with Crippen molar-refractivity contribution in [3.05, 3.63) is 53.4 Å². The van der Waals surface area contributed by atoms with Crippen molar-refractivity contribution in [2.45, 2.75) is 45.6 Å². The van der Waals surface area contributed by atoms with Crippen molar-refractivity contribution in [2.24, 2.45) is 0 Å². The summed E-state index contributed by atoms with van der Waals surface area (Å²) in [5, 5.41) is 21.8. The van der Waals surface area contributed by atoms with Crippen molar-refractivity contribution in [1.82, 2.24) is 10.2 Å². The lowest BCUT2D eigenvalue weighted by atomic mass is 10.0. The van der Waals surface area contributed by atoms with Gasteiger partial charge in [-0.3, -0.25) is 4.79 Å². The maximum absolute atomic E-state index is 12.3. The van der Waals surface area contributed by atoms with Crippen LogP contribution in [0.25, 0.3) is 0 Å². The highest BCUT2D eigenvalue weighted by Crippen LogP contribution is 2.21. The summed E-state index contributed by atoms with van der Waals surface area (Å²) in [5.74, 6) is -0.0373. The molecular formula is C20H28N2O3. The van der Waals surface area contributed by atoms with Crippen molar-refractivity contribution >= 4 is 5.91 Å². The number of carbonyl (C=O) groups is 1. The number of rotatable bonds is 6. The van der Waals surface area contributed by atoms with Crippen LogP contribution in [0.4, 0.5) is 0 Å². The van der Waals surface area contributed by atoms with Gasteiger partial charge in [-0.05, 0) is 57.4 Å². The summed E-state index contributed by atoms with van der Waals surface area (Å²) in [7, 11) is 0. The first-order valence-corrected chi connectivity index (χ1v) is 8.66. The normalized spacial score (nSPS) is 14.4.